The smallest absolute Gasteiger partial charge is 0.481 e. The van der Waals surface area contributed by atoms with Gasteiger partial charge in [-0.2, -0.15) is 4.89 Å². The Morgan fingerprint density at radius 1 is 1.47 bits per heavy atom. The highest BCUT2D eigenvalue weighted by Gasteiger charge is 2.51. The summed E-state index contributed by atoms with van der Waals surface area (Å²) in [4.78, 5) is 19.3. The first-order valence-electron chi connectivity index (χ1n) is 5.16. The summed E-state index contributed by atoms with van der Waals surface area (Å²) in [5.74, 6) is -1.04. The fourth-order valence-electron chi connectivity index (χ4n) is 1.18. The Bertz CT molecular complexity index is 392. The van der Waals surface area contributed by atoms with Crippen molar-refractivity contribution < 1.29 is 43.4 Å². The fraction of sp³-hybridized carbons (Fsp3) is 0.625. The summed E-state index contributed by atoms with van der Waals surface area (Å²) in [7, 11) is -7.85. The number of carboxylic acids is 1. The zero-order valence-corrected chi connectivity index (χ0v) is 11.9. The average Bonchev–Trinajstić information content (AvgIpc) is 2.28. The molecule has 110 valence electrons. The predicted octanol–water partition coefficient (Wildman–Crippen LogP) is 2.47. The lowest BCUT2D eigenvalue weighted by atomic mass is 10.1. The van der Waals surface area contributed by atoms with E-state index in [0.717, 1.165) is 0 Å². The van der Waals surface area contributed by atoms with Crippen LogP contribution in [0.2, 0.25) is 0 Å². The van der Waals surface area contributed by atoms with Gasteiger partial charge in [0, 0.05) is 0 Å². The molecule has 19 heavy (non-hydrogen) atoms. The van der Waals surface area contributed by atoms with Crippen LogP contribution < -0.4 is 0 Å². The van der Waals surface area contributed by atoms with Crippen molar-refractivity contribution in [3.8, 4) is 0 Å². The maximum atomic E-state index is 11.5. The second kappa shape index (κ2) is 9.28. The molecule has 0 saturated carbocycles. The van der Waals surface area contributed by atoms with Gasteiger partial charge >= 0.3 is 21.0 Å². The van der Waals surface area contributed by atoms with Crippen molar-refractivity contribution in [1.82, 2.24) is 0 Å². The lowest BCUT2D eigenvalue weighted by Crippen LogP contribution is -2.01. The number of hydrogen-bond donors (Lipinski definition) is 3. The second-order valence-electron chi connectivity index (χ2n) is 3.29. The Hall–Kier alpha value is -0.660. The van der Waals surface area contributed by atoms with E-state index in [2.05, 4.69) is 14.2 Å². The molecule has 0 bridgehead atoms. The van der Waals surface area contributed by atoms with Crippen molar-refractivity contribution in [2.75, 3.05) is 6.61 Å². The van der Waals surface area contributed by atoms with E-state index in [0.29, 0.717) is 12.0 Å². The molecule has 0 saturated heterocycles. The average molecular weight is 317 g/mol. The number of allylic oxidation sites excluding steroid dienone is 1. The van der Waals surface area contributed by atoms with Crippen LogP contribution in [0.1, 0.15) is 26.2 Å². The van der Waals surface area contributed by atoms with Gasteiger partial charge in [0.05, 0.1) is 13.0 Å². The van der Waals surface area contributed by atoms with Crippen LogP contribution in [0.15, 0.2) is 11.6 Å². The molecule has 0 aromatic heterocycles. The van der Waals surface area contributed by atoms with Gasteiger partial charge in [-0.3, -0.25) is 9.32 Å². The van der Waals surface area contributed by atoms with E-state index in [-0.39, 0.29) is 19.4 Å². The maximum Gasteiger partial charge on any atom is 0.635 e. The van der Waals surface area contributed by atoms with E-state index in [1.807, 2.05) is 0 Å². The minimum Gasteiger partial charge on any atom is -0.481 e. The normalized spacial score (nSPS) is 15.9. The number of hydrogen-bond acceptors (Lipinski definition) is 7. The lowest BCUT2D eigenvalue weighted by molar-refractivity contribution is -0.441. The summed E-state index contributed by atoms with van der Waals surface area (Å²) in [5.41, 5.74) is 0.514. The van der Waals surface area contributed by atoms with Crippen LogP contribution in [-0.2, 0) is 28.2 Å². The van der Waals surface area contributed by atoms with E-state index in [4.69, 9.17) is 15.3 Å². The van der Waals surface area contributed by atoms with Crippen LogP contribution in [0, 0.1) is 0 Å². The topological polar surface area (TPSA) is 140 Å². The largest absolute Gasteiger partial charge is 0.635 e. The third kappa shape index (κ3) is 7.49. The standard InChI is InChI=1S/C8H14O9P2/c1-2-3-7(6-8(9)10)4-5-15-19(14,17-16-11)18(12)13/h3H,2,4-6H2,1H3,(H2-,9,10,11,12,13)/p+1/b7-3-. The molecule has 0 rings (SSSR count). The SMILES string of the molecule is CC/C=C(/CCOP(=O)(OOO)[P+](=O)O)CC(=O)O. The lowest BCUT2D eigenvalue weighted by Gasteiger charge is -2.06. The number of carboxylic acid groups (broad SMARTS) is 1. The van der Waals surface area contributed by atoms with Gasteiger partial charge in [0.15, 0.2) is 0 Å². The van der Waals surface area contributed by atoms with Crippen LogP contribution in [-0.4, -0.2) is 27.8 Å². The quantitative estimate of drug-likeness (QED) is 0.240. The van der Waals surface area contributed by atoms with Gasteiger partial charge in [0.2, 0.25) is 0 Å². The highest BCUT2D eigenvalue weighted by atomic mass is 32.1. The van der Waals surface area contributed by atoms with Crippen LogP contribution >= 0.6 is 15.0 Å². The molecule has 2 unspecified atom stereocenters. The second-order valence-corrected chi connectivity index (χ2v) is 7.64. The summed E-state index contributed by atoms with van der Waals surface area (Å²) in [6, 6.07) is 0. The zero-order chi connectivity index (χ0) is 14.9. The van der Waals surface area contributed by atoms with E-state index in [1.54, 1.807) is 13.0 Å². The molecule has 0 spiro atoms. The van der Waals surface area contributed by atoms with Crippen molar-refractivity contribution in [3.63, 3.8) is 0 Å². The van der Waals surface area contributed by atoms with Crippen molar-refractivity contribution in [2.24, 2.45) is 0 Å². The molecule has 0 aliphatic heterocycles. The van der Waals surface area contributed by atoms with Gasteiger partial charge in [-0.15, -0.1) is 0 Å². The minimum absolute atomic E-state index is 0.0854. The molecule has 0 aliphatic rings. The van der Waals surface area contributed by atoms with Crippen LogP contribution in [0.25, 0.3) is 0 Å². The molecule has 0 aromatic carbocycles. The van der Waals surface area contributed by atoms with Crippen LogP contribution in [0.4, 0.5) is 0 Å². The summed E-state index contributed by atoms with van der Waals surface area (Å²) in [6.45, 7) is 1.49. The van der Waals surface area contributed by atoms with Crippen molar-refractivity contribution in [1.29, 1.82) is 0 Å². The van der Waals surface area contributed by atoms with E-state index < -0.39 is 21.0 Å². The molecule has 0 heterocycles. The summed E-state index contributed by atoms with van der Waals surface area (Å²) in [6.07, 6.45) is 2.13. The molecule has 3 N–H and O–H groups in total. The molecule has 11 heteroatoms. The van der Waals surface area contributed by atoms with Crippen molar-refractivity contribution in [2.45, 2.75) is 26.2 Å². The molecular weight excluding hydrogens is 302 g/mol. The van der Waals surface area contributed by atoms with E-state index in [1.165, 1.54) is 0 Å². The first-order valence-corrected chi connectivity index (χ1v) is 8.62. The highest BCUT2D eigenvalue weighted by molar-refractivity contribution is 8.20. The summed E-state index contributed by atoms with van der Waals surface area (Å²) < 4.78 is 30.5. The first-order chi connectivity index (χ1) is 8.85. The Morgan fingerprint density at radius 3 is 2.53 bits per heavy atom. The van der Waals surface area contributed by atoms with Crippen molar-refractivity contribution >= 4 is 21.0 Å². The molecule has 0 amide bonds. The Morgan fingerprint density at radius 2 is 2.11 bits per heavy atom. The first kappa shape index (κ1) is 18.3. The third-order valence-electron chi connectivity index (χ3n) is 1.89. The minimum atomic E-state index is -4.48. The van der Waals surface area contributed by atoms with E-state index >= 15 is 0 Å². The third-order valence-corrected chi connectivity index (χ3v) is 4.87. The molecule has 0 aliphatic carbocycles. The number of rotatable bonds is 10. The molecule has 0 radical (unpaired) electrons. The fourth-order valence-corrected chi connectivity index (χ4v) is 2.59. The summed E-state index contributed by atoms with van der Waals surface area (Å²) in [5, 5.41) is 19.7. The van der Waals surface area contributed by atoms with Gasteiger partial charge in [-0.1, -0.05) is 28.3 Å². The Kier molecular flexibility index (Phi) is 8.95. The van der Waals surface area contributed by atoms with Crippen LogP contribution in [0.5, 0.6) is 0 Å². The highest BCUT2D eigenvalue weighted by Crippen LogP contribution is 2.68. The van der Waals surface area contributed by atoms with Gasteiger partial charge < -0.3 is 5.11 Å². The zero-order valence-electron chi connectivity index (χ0n) is 10.1. The molecule has 0 aromatic rings. The van der Waals surface area contributed by atoms with Gasteiger partial charge in [-0.25, -0.2) is 9.82 Å². The Balaban J connectivity index is 4.45. The summed E-state index contributed by atoms with van der Waals surface area (Å²) >= 11 is 0. The molecule has 9 nitrogen and oxygen atoms in total. The monoisotopic (exact) mass is 317 g/mol. The maximum absolute atomic E-state index is 11.5. The Labute approximate surface area is 109 Å². The van der Waals surface area contributed by atoms with Gasteiger partial charge in [0.1, 0.15) is 0 Å². The number of carbonyl (C=O) groups is 1. The van der Waals surface area contributed by atoms with Crippen LogP contribution in [0.3, 0.4) is 0 Å². The molecule has 0 fully saturated rings. The van der Waals surface area contributed by atoms with Crippen molar-refractivity contribution in [3.05, 3.63) is 11.6 Å². The molecular formula is C8H15O9P2+. The van der Waals surface area contributed by atoms with Gasteiger partial charge in [-0.05, 0) is 17.4 Å². The predicted molar refractivity (Wildman–Crippen MR) is 63.4 cm³/mol. The van der Waals surface area contributed by atoms with Gasteiger partial charge in [0.25, 0.3) is 0 Å². The number of aliphatic carboxylic acids is 1. The van der Waals surface area contributed by atoms with E-state index in [9.17, 15) is 13.9 Å². The molecule has 2 atom stereocenters.